The molecule has 1 aromatic heterocycles. The van der Waals surface area contributed by atoms with Gasteiger partial charge in [-0.1, -0.05) is 24.3 Å². The summed E-state index contributed by atoms with van der Waals surface area (Å²) in [7, 11) is 0. The van der Waals surface area contributed by atoms with Crippen molar-refractivity contribution in [2.45, 2.75) is 13.5 Å². The number of aryl methyl sites for hydroxylation is 1. The highest BCUT2D eigenvalue weighted by molar-refractivity contribution is 6.21. The molecule has 168 valence electrons. The molecule has 3 aromatic carbocycles. The van der Waals surface area contributed by atoms with E-state index in [-0.39, 0.29) is 30.1 Å². The van der Waals surface area contributed by atoms with E-state index in [0.29, 0.717) is 39.5 Å². The van der Waals surface area contributed by atoms with Gasteiger partial charge in [0.25, 0.3) is 17.7 Å². The lowest BCUT2D eigenvalue weighted by Crippen LogP contribution is -2.29. The number of rotatable bonds is 5. The molecule has 7 nitrogen and oxygen atoms in total. The summed E-state index contributed by atoms with van der Waals surface area (Å²) in [4.78, 5) is 39.5. The summed E-state index contributed by atoms with van der Waals surface area (Å²) in [6.07, 6.45) is 0. The van der Waals surface area contributed by atoms with Crippen LogP contribution in [0.1, 0.15) is 42.3 Å². The van der Waals surface area contributed by atoms with Crippen molar-refractivity contribution >= 4 is 23.5 Å². The molecule has 1 aliphatic heterocycles. The Bertz CT molecular complexity index is 1410. The lowest BCUT2D eigenvalue weighted by molar-refractivity contribution is 0.0642. The minimum atomic E-state index is -0.382. The van der Waals surface area contributed by atoms with Gasteiger partial charge in [-0.05, 0) is 61.0 Å². The highest BCUT2D eigenvalue weighted by atomic mass is 19.1. The predicted octanol–water partition coefficient (Wildman–Crippen LogP) is 4.37. The molecule has 1 N–H and O–H groups in total. The van der Waals surface area contributed by atoms with Gasteiger partial charge in [0.1, 0.15) is 11.6 Å². The molecule has 0 radical (unpaired) electrons. The minimum absolute atomic E-state index is 0.0556. The Labute approximate surface area is 194 Å². The maximum Gasteiger partial charge on any atom is 0.261 e. The Morgan fingerprint density at radius 1 is 0.912 bits per heavy atom. The van der Waals surface area contributed by atoms with E-state index in [1.807, 2.05) is 0 Å². The topological polar surface area (TPSA) is 84.3 Å². The SMILES string of the molecule is Cc1cc(NC(=O)c2cccc(CN3C(=O)c4ccccc4C3=O)c2)n(-c2ccc(F)cc2)n1. The molecule has 0 fully saturated rings. The Kier molecular flexibility index (Phi) is 5.25. The third kappa shape index (κ3) is 3.86. The quantitative estimate of drug-likeness (QED) is 0.454. The van der Waals surface area contributed by atoms with Crippen LogP contribution in [0.5, 0.6) is 0 Å². The number of hydrogen-bond acceptors (Lipinski definition) is 4. The monoisotopic (exact) mass is 454 g/mol. The van der Waals surface area contributed by atoms with E-state index >= 15 is 0 Å². The number of anilines is 1. The van der Waals surface area contributed by atoms with Crippen LogP contribution in [0.25, 0.3) is 5.69 Å². The van der Waals surface area contributed by atoms with Gasteiger partial charge in [-0.25, -0.2) is 9.07 Å². The summed E-state index contributed by atoms with van der Waals surface area (Å²) in [6.45, 7) is 1.85. The van der Waals surface area contributed by atoms with Crippen molar-refractivity contribution in [1.82, 2.24) is 14.7 Å². The van der Waals surface area contributed by atoms with Gasteiger partial charge in [-0.2, -0.15) is 5.10 Å². The second-order valence-electron chi connectivity index (χ2n) is 7.96. The normalized spacial score (nSPS) is 12.7. The number of amides is 3. The maximum absolute atomic E-state index is 13.3. The largest absolute Gasteiger partial charge is 0.306 e. The first-order chi connectivity index (χ1) is 16.4. The van der Waals surface area contributed by atoms with Crippen LogP contribution in [0, 0.1) is 12.7 Å². The Morgan fingerprint density at radius 2 is 1.59 bits per heavy atom. The summed E-state index contributed by atoms with van der Waals surface area (Å²) in [5.41, 5.74) is 3.05. The van der Waals surface area contributed by atoms with Gasteiger partial charge in [-0.3, -0.25) is 19.3 Å². The number of nitrogens with one attached hydrogen (secondary N) is 1. The molecule has 1 aliphatic rings. The predicted molar refractivity (Wildman–Crippen MR) is 123 cm³/mol. The van der Waals surface area contributed by atoms with Gasteiger partial charge in [0.15, 0.2) is 0 Å². The molecule has 8 heteroatoms. The lowest BCUT2D eigenvalue weighted by atomic mass is 10.1. The third-order valence-corrected chi connectivity index (χ3v) is 5.55. The number of fused-ring (bicyclic) bond motifs is 1. The van der Waals surface area contributed by atoms with E-state index in [1.165, 1.54) is 21.7 Å². The molecule has 0 atom stereocenters. The molecule has 0 unspecified atom stereocenters. The second-order valence-corrected chi connectivity index (χ2v) is 7.96. The number of carbonyl (C=O) groups excluding carboxylic acids is 3. The van der Waals surface area contributed by atoms with Crippen LogP contribution in [0.2, 0.25) is 0 Å². The van der Waals surface area contributed by atoms with Crippen LogP contribution < -0.4 is 5.32 Å². The molecule has 2 heterocycles. The number of nitrogens with zero attached hydrogens (tertiary/aromatic N) is 3. The number of hydrogen-bond donors (Lipinski definition) is 1. The summed E-state index contributed by atoms with van der Waals surface area (Å²) in [6, 6.07) is 20.9. The first-order valence-electron chi connectivity index (χ1n) is 10.6. The van der Waals surface area contributed by atoms with Crippen molar-refractivity contribution in [3.63, 3.8) is 0 Å². The molecular weight excluding hydrogens is 435 g/mol. The van der Waals surface area contributed by atoms with Crippen molar-refractivity contribution in [1.29, 1.82) is 0 Å². The van der Waals surface area contributed by atoms with Crippen molar-refractivity contribution in [3.05, 3.63) is 113 Å². The molecule has 34 heavy (non-hydrogen) atoms. The molecule has 0 bridgehead atoms. The molecule has 0 aliphatic carbocycles. The van der Waals surface area contributed by atoms with Crippen molar-refractivity contribution in [3.8, 4) is 5.69 Å². The number of aromatic nitrogens is 2. The Balaban J connectivity index is 1.36. The number of carbonyl (C=O) groups is 3. The number of imide groups is 1. The lowest BCUT2D eigenvalue weighted by Gasteiger charge is -2.15. The number of benzene rings is 3. The van der Waals surface area contributed by atoms with E-state index in [4.69, 9.17) is 0 Å². The van der Waals surface area contributed by atoms with Crippen LogP contribution in [0.3, 0.4) is 0 Å². The van der Waals surface area contributed by atoms with E-state index in [1.54, 1.807) is 73.7 Å². The van der Waals surface area contributed by atoms with E-state index in [2.05, 4.69) is 10.4 Å². The molecule has 4 aromatic rings. The standard InChI is InChI=1S/C26H19FN4O3/c1-16-13-23(31(29-16)20-11-9-19(27)10-12-20)28-24(32)18-6-4-5-17(14-18)15-30-25(33)21-7-2-3-8-22(21)26(30)34/h2-14H,15H2,1H3,(H,28,32). The first-order valence-corrected chi connectivity index (χ1v) is 10.6. The average molecular weight is 454 g/mol. The van der Waals surface area contributed by atoms with Crippen molar-refractivity contribution in [2.24, 2.45) is 0 Å². The average Bonchev–Trinajstić information content (AvgIpc) is 3.32. The second kappa shape index (κ2) is 8.40. The van der Waals surface area contributed by atoms with Gasteiger partial charge in [0.05, 0.1) is 29.1 Å². The van der Waals surface area contributed by atoms with Crippen molar-refractivity contribution in [2.75, 3.05) is 5.32 Å². The van der Waals surface area contributed by atoms with Crippen LogP contribution in [0.15, 0.2) is 78.9 Å². The van der Waals surface area contributed by atoms with Crippen LogP contribution in [-0.4, -0.2) is 32.4 Å². The summed E-state index contributed by atoms with van der Waals surface area (Å²) in [5.74, 6) is -1.02. The maximum atomic E-state index is 13.3. The van der Waals surface area contributed by atoms with Crippen molar-refractivity contribution < 1.29 is 18.8 Å². The molecular formula is C26H19FN4O3. The summed E-state index contributed by atoms with van der Waals surface area (Å²) in [5, 5.41) is 7.21. The fraction of sp³-hybridized carbons (Fsp3) is 0.0769. The van der Waals surface area contributed by atoms with Crippen LogP contribution >= 0.6 is 0 Å². The smallest absolute Gasteiger partial charge is 0.261 e. The molecule has 0 saturated carbocycles. The van der Waals surface area contributed by atoms with Crippen LogP contribution in [0.4, 0.5) is 10.2 Å². The molecule has 3 amide bonds. The highest BCUT2D eigenvalue weighted by Gasteiger charge is 2.35. The fourth-order valence-electron chi connectivity index (χ4n) is 3.93. The van der Waals surface area contributed by atoms with E-state index in [9.17, 15) is 18.8 Å². The zero-order valence-electron chi connectivity index (χ0n) is 18.2. The summed E-state index contributed by atoms with van der Waals surface area (Å²) < 4.78 is 14.8. The Morgan fingerprint density at radius 3 is 2.26 bits per heavy atom. The van der Waals surface area contributed by atoms with Gasteiger partial charge in [0, 0.05) is 11.6 Å². The third-order valence-electron chi connectivity index (χ3n) is 5.55. The van der Waals surface area contributed by atoms with Gasteiger partial charge >= 0.3 is 0 Å². The van der Waals surface area contributed by atoms with E-state index < -0.39 is 0 Å². The molecule has 5 rings (SSSR count). The van der Waals surface area contributed by atoms with Gasteiger partial charge in [-0.15, -0.1) is 0 Å². The molecule has 0 spiro atoms. The van der Waals surface area contributed by atoms with E-state index in [0.717, 1.165) is 0 Å². The minimum Gasteiger partial charge on any atom is -0.306 e. The van der Waals surface area contributed by atoms with Gasteiger partial charge in [0.2, 0.25) is 0 Å². The molecule has 0 saturated heterocycles. The zero-order valence-corrected chi connectivity index (χ0v) is 18.2. The van der Waals surface area contributed by atoms with Gasteiger partial charge < -0.3 is 5.32 Å². The fourth-order valence-corrected chi connectivity index (χ4v) is 3.93. The first kappa shape index (κ1) is 21.3. The Hall–Kier alpha value is -4.59. The number of halogens is 1. The van der Waals surface area contributed by atoms with Crippen LogP contribution in [-0.2, 0) is 6.54 Å². The highest BCUT2D eigenvalue weighted by Crippen LogP contribution is 2.25. The summed E-state index contributed by atoms with van der Waals surface area (Å²) >= 11 is 0. The zero-order chi connectivity index (χ0) is 23.8.